The van der Waals surface area contributed by atoms with Crippen LogP contribution in [0.3, 0.4) is 0 Å². The van der Waals surface area contributed by atoms with Crippen molar-refractivity contribution in [3.63, 3.8) is 0 Å². The summed E-state index contributed by atoms with van der Waals surface area (Å²) in [6.45, 7) is 0. The number of hydrogen-bond acceptors (Lipinski definition) is 2. The summed E-state index contributed by atoms with van der Waals surface area (Å²) in [5.74, 6) is 0. The van der Waals surface area contributed by atoms with Gasteiger partial charge in [0.1, 0.15) is 0 Å². The summed E-state index contributed by atoms with van der Waals surface area (Å²) in [6.07, 6.45) is 7.88. The summed E-state index contributed by atoms with van der Waals surface area (Å²) < 4.78 is 4.76. The monoisotopic (exact) mass is 756 g/mol. The van der Waals surface area contributed by atoms with Crippen LogP contribution in [0, 0.1) is 0 Å². The van der Waals surface area contributed by atoms with Crippen LogP contribution in [0.15, 0.2) is 218 Å². The number of rotatable bonds is 6. The Morgan fingerprint density at radius 2 is 0.797 bits per heavy atom. The van der Waals surface area contributed by atoms with Crippen LogP contribution in [-0.2, 0) is 6.42 Å². The van der Waals surface area contributed by atoms with Crippen LogP contribution in [0.4, 0.5) is 28.4 Å². The van der Waals surface area contributed by atoms with E-state index in [0.29, 0.717) is 0 Å². The highest BCUT2D eigenvalue weighted by molar-refractivity contribution is 6.10. The zero-order valence-electron chi connectivity index (χ0n) is 32.5. The second-order valence-corrected chi connectivity index (χ2v) is 15.7. The van der Waals surface area contributed by atoms with E-state index >= 15 is 0 Å². The summed E-state index contributed by atoms with van der Waals surface area (Å²) in [5, 5.41) is 5.06. The van der Waals surface area contributed by atoms with E-state index in [2.05, 4.69) is 225 Å². The van der Waals surface area contributed by atoms with Gasteiger partial charge < -0.3 is 18.9 Å². The number of hydrogen-bond donors (Lipinski definition) is 0. The van der Waals surface area contributed by atoms with E-state index in [-0.39, 0.29) is 0 Å². The van der Waals surface area contributed by atoms with E-state index < -0.39 is 0 Å². The highest BCUT2D eigenvalue weighted by Gasteiger charge is 2.26. The number of para-hydroxylation sites is 5. The molecule has 0 amide bonds. The fraction of sp³-hybridized carbons (Fsp3) is 0.0545. The van der Waals surface area contributed by atoms with Gasteiger partial charge in [0.05, 0.1) is 22.1 Å². The molecule has 4 heteroatoms. The lowest BCUT2D eigenvalue weighted by atomic mass is 9.89. The molecule has 1 aliphatic carbocycles. The fourth-order valence-corrected chi connectivity index (χ4v) is 9.73. The molecule has 10 aromatic rings. The van der Waals surface area contributed by atoms with Crippen LogP contribution >= 0.6 is 0 Å². The van der Waals surface area contributed by atoms with E-state index in [1.807, 2.05) is 0 Å². The standard InChI is InChI=1S/C55H40N4/c1-7-19-50-38(13-1)37-39-14-2-8-20-51(39)57(50)43-31-25-40(26-32-43)56(41-27-33-44(34-28-41)58-52-21-9-3-15-46(52)47-16-4-10-22-53(47)58)42-29-35-45(36-30-42)59-54-23-11-5-17-48(54)49-18-6-12-24-55(49)59/h1,3-13,15-36H,2,14,37H2. The number of allylic oxidation sites excluding steroid dienone is 3. The molecular weight excluding hydrogens is 717 g/mol. The van der Waals surface area contributed by atoms with Crippen molar-refractivity contribution in [3.8, 4) is 11.4 Å². The summed E-state index contributed by atoms with van der Waals surface area (Å²) in [7, 11) is 0. The van der Waals surface area contributed by atoms with Gasteiger partial charge in [0, 0.05) is 67.1 Å². The summed E-state index contributed by atoms with van der Waals surface area (Å²) in [4.78, 5) is 4.84. The first-order valence-electron chi connectivity index (χ1n) is 20.6. The molecule has 2 aromatic heterocycles. The minimum absolute atomic E-state index is 1.02. The Morgan fingerprint density at radius 3 is 1.27 bits per heavy atom. The lowest BCUT2D eigenvalue weighted by Gasteiger charge is -2.36. The van der Waals surface area contributed by atoms with E-state index in [0.717, 1.165) is 47.7 Å². The van der Waals surface area contributed by atoms with Gasteiger partial charge in [-0.05, 0) is 140 Å². The largest absolute Gasteiger partial charge is 0.310 e. The second-order valence-electron chi connectivity index (χ2n) is 15.7. The van der Waals surface area contributed by atoms with Gasteiger partial charge in [0.2, 0.25) is 0 Å². The molecule has 8 aromatic carbocycles. The van der Waals surface area contributed by atoms with Gasteiger partial charge in [0.25, 0.3) is 0 Å². The van der Waals surface area contributed by atoms with E-state index in [1.54, 1.807) is 0 Å². The van der Waals surface area contributed by atoms with Crippen LogP contribution in [0.25, 0.3) is 55.0 Å². The van der Waals surface area contributed by atoms with Crippen molar-refractivity contribution >= 4 is 72.0 Å². The van der Waals surface area contributed by atoms with Crippen molar-refractivity contribution in [2.45, 2.75) is 19.3 Å². The first-order chi connectivity index (χ1) is 29.3. The quantitative estimate of drug-likeness (QED) is 0.168. The molecular formula is C55H40N4. The van der Waals surface area contributed by atoms with E-state index in [9.17, 15) is 0 Å². The lowest BCUT2D eigenvalue weighted by molar-refractivity contribution is 0.857. The second kappa shape index (κ2) is 13.5. The topological polar surface area (TPSA) is 16.3 Å². The highest BCUT2D eigenvalue weighted by Crippen LogP contribution is 2.44. The summed E-state index contributed by atoms with van der Waals surface area (Å²) in [5.41, 5.74) is 17.1. The molecule has 0 bridgehead atoms. The predicted molar refractivity (Wildman–Crippen MR) is 247 cm³/mol. The van der Waals surface area contributed by atoms with Gasteiger partial charge >= 0.3 is 0 Å². The lowest BCUT2D eigenvalue weighted by Crippen LogP contribution is -2.24. The normalized spacial score (nSPS) is 13.7. The van der Waals surface area contributed by atoms with Crippen LogP contribution in [0.5, 0.6) is 0 Å². The van der Waals surface area contributed by atoms with Crippen molar-refractivity contribution < 1.29 is 0 Å². The molecule has 0 saturated carbocycles. The third-order valence-electron chi connectivity index (χ3n) is 12.4. The Balaban J connectivity index is 0.979. The van der Waals surface area contributed by atoms with Gasteiger partial charge in [-0.25, -0.2) is 0 Å². The van der Waals surface area contributed by atoms with Gasteiger partial charge in [-0.3, -0.25) is 0 Å². The molecule has 280 valence electrons. The highest BCUT2D eigenvalue weighted by atomic mass is 15.2. The Morgan fingerprint density at radius 1 is 0.390 bits per heavy atom. The smallest absolute Gasteiger partial charge is 0.0541 e. The predicted octanol–water partition coefficient (Wildman–Crippen LogP) is 14.6. The maximum atomic E-state index is 2.46. The molecule has 59 heavy (non-hydrogen) atoms. The summed E-state index contributed by atoms with van der Waals surface area (Å²) >= 11 is 0. The molecule has 4 nitrogen and oxygen atoms in total. The zero-order valence-corrected chi connectivity index (χ0v) is 32.5. The minimum Gasteiger partial charge on any atom is -0.310 e. The molecule has 0 unspecified atom stereocenters. The molecule has 0 atom stereocenters. The fourth-order valence-electron chi connectivity index (χ4n) is 9.73. The molecule has 0 N–H and O–H groups in total. The molecule has 12 rings (SSSR count). The van der Waals surface area contributed by atoms with Gasteiger partial charge in [0.15, 0.2) is 0 Å². The Bertz CT molecular complexity index is 3020. The van der Waals surface area contributed by atoms with Crippen molar-refractivity contribution in [3.05, 3.63) is 223 Å². The SMILES string of the molecule is C1=CC2=C(CC1)Cc1ccccc1N2c1ccc(N(c2ccc(-n3c4ccccc4c4ccccc43)cc2)c2ccc(-n3c4ccccc4c4ccccc43)cc2)cc1. The van der Waals surface area contributed by atoms with Crippen LogP contribution in [0.1, 0.15) is 18.4 Å². The number of nitrogens with zero attached hydrogens (tertiary/aromatic N) is 4. The molecule has 0 saturated heterocycles. The molecule has 0 spiro atoms. The number of benzene rings is 8. The molecule has 1 aliphatic heterocycles. The van der Waals surface area contributed by atoms with Crippen molar-refractivity contribution in [2.24, 2.45) is 0 Å². The van der Waals surface area contributed by atoms with Crippen molar-refractivity contribution in [1.29, 1.82) is 0 Å². The number of fused-ring (bicyclic) bond motifs is 7. The number of anilines is 5. The maximum Gasteiger partial charge on any atom is 0.0541 e. The zero-order chi connectivity index (χ0) is 38.9. The average molecular weight is 757 g/mol. The Kier molecular flexibility index (Phi) is 7.70. The van der Waals surface area contributed by atoms with Crippen LogP contribution in [-0.4, -0.2) is 9.13 Å². The van der Waals surface area contributed by atoms with Crippen molar-refractivity contribution in [2.75, 3.05) is 9.80 Å². The Hall–Kier alpha value is -7.56. The first-order valence-corrected chi connectivity index (χ1v) is 20.6. The third kappa shape index (κ3) is 5.37. The van der Waals surface area contributed by atoms with Gasteiger partial charge in [-0.15, -0.1) is 0 Å². The first kappa shape index (κ1) is 33.6. The maximum absolute atomic E-state index is 2.46. The summed E-state index contributed by atoms with van der Waals surface area (Å²) in [6, 6.07) is 70.9. The van der Waals surface area contributed by atoms with Gasteiger partial charge in [-0.1, -0.05) is 97.1 Å². The average Bonchev–Trinajstić information content (AvgIpc) is 3.82. The molecule has 0 fully saturated rings. The molecule has 0 radical (unpaired) electrons. The Labute approximate surface area is 343 Å². The van der Waals surface area contributed by atoms with Gasteiger partial charge in [-0.2, -0.15) is 0 Å². The van der Waals surface area contributed by atoms with Crippen LogP contribution < -0.4 is 9.80 Å². The van der Waals surface area contributed by atoms with Crippen molar-refractivity contribution in [1.82, 2.24) is 9.13 Å². The van der Waals surface area contributed by atoms with E-state index in [4.69, 9.17) is 0 Å². The minimum atomic E-state index is 1.02. The number of aromatic nitrogens is 2. The van der Waals surface area contributed by atoms with Crippen LogP contribution in [0.2, 0.25) is 0 Å². The molecule has 2 aliphatic rings. The third-order valence-corrected chi connectivity index (χ3v) is 12.4. The van der Waals surface area contributed by atoms with E-state index in [1.165, 1.54) is 71.8 Å². The molecule has 3 heterocycles.